The lowest BCUT2D eigenvalue weighted by molar-refractivity contribution is -0.137. The molecule has 3 nitrogen and oxygen atoms in total. The highest BCUT2D eigenvalue weighted by Gasteiger charge is 2.30. The van der Waals surface area contributed by atoms with Gasteiger partial charge in [-0.3, -0.25) is 4.79 Å². The van der Waals surface area contributed by atoms with Crippen molar-refractivity contribution >= 4 is 0 Å². The van der Waals surface area contributed by atoms with Gasteiger partial charge in [-0.15, -0.1) is 0 Å². The van der Waals surface area contributed by atoms with E-state index in [9.17, 15) is 18.0 Å². The maximum absolute atomic E-state index is 12.5. The minimum absolute atomic E-state index is 0.114. The van der Waals surface area contributed by atoms with Crippen LogP contribution in [0.4, 0.5) is 13.2 Å². The smallest absolute Gasteiger partial charge is 0.416 e. The Morgan fingerprint density at radius 2 is 1.90 bits per heavy atom. The van der Waals surface area contributed by atoms with Gasteiger partial charge >= 0.3 is 6.18 Å². The van der Waals surface area contributed by atoms with Crippen LogP contribution in [0.3, 0.4) is 0 Å². The summed E-state index contributed by atoms with van der Waals surface area (Å²) in [6.07, 6.45) is -2.19. The predicted octanol–water partition coefficient (Wildman–Crippen LogP) is 3.34. The number of nitrogens with zero attached hydrogens (tertiary/aromatic N) is 1. The molecular formula is C15H14F3NO2. The molecule has 1 aromatic carbocycles. The molecule has 2 aromatic rings. The number of ether oxygens (including phenoxy) is 1. The highest BCUT2D eigenvalue weighted by atomic mass is 19.4. The number of halogens is 3. The molecule has 0 aliphatic carbocycles. The Kier molecular flexibility index (Phi) is 4.67. The molecule has 0 bridgehead atoms. The van der Waals surface area contributed by atoms with Crippen molar-refractivity contribution in [2.24, 2.45) is 0 Å². The molecular weight excluding hydrogens is 283 g/mol. The lowest BCUT2D eigenvalue weighted by Crippen LogP contribution is -2.18. The Morgan fingerprint density at radius 1 is 1.10 bits per heavy atom. The van der Waals surface area contributed by atoms with E-state index in [-0.39, 0.29) is 17.9 Å². The fraction of sp³-hybridized carbons (Fsp3) is 0.267. The molecule has 6 heteroatoms. The number of aromatic nitrogens is 1. The first-order valence-electron chi connectivity index (χ1n) is 6.42. The summed E-state index contributed by atoms with van der Waals surface area (Å²) in [5.41, 5.74) is -0.851. The van der Waals surface area contributed by atoms with Gasteiger partial charge in [0, 0.05) is 18.8 Å². The fourth-order valence-electron chi connectivity index (χ4n) is 1.83. The van der Waals surface area contributed by atoms with E-state index < -0.39 is 11.7 Å². The molecule has 0 atom stereocenters. The van der Waals surface area contributed by atoms with Crippen molar-refractivity contribution in [3.05, 3.63) is 64.6 Å². The van der Waals surface area contributed by atoms with Crippen LogP contribution in [0, 0.1) is 0 Å². The molecule has 0 unspecified atom stereocenters. The molecule has 0 spiro atoms. The Morgan fingerprint density at radius 3 is 2.62 bits per heavy atom. The number of hydrogen-bond acceptors (Lipinski definition) is 2. The number of hydrogen-bond donors (Lipinski definition) is 0. The maximum atomic E-state index is 12.5. The summed E-state index contributed by atoms with van der Waals surface area (Å²) in [5.74, 6) is 0.172. The first-order chi connectivity index (χ1) is 9.97. The van der Waals surface area contributed by atoms with Gasteiger partial charge in [-0.2, -0.15) is 13.2 Å². The van der Waals surface area contributed by atoms with Crippen LogP contribution < -0.4 is 10.3 Å². The zero-order chi connectivity index (χ0) is 15.3. The highest BCUT2D eigenvalue weighted by molar-refractivity contribution is 5.30. The summed E-state index contributed by atoms with van der Waals surface area (Å²) in [4.78, 5) is 11.4. The molecule has 1 aromatic heterocycles. The van der Waals surface area contributed by atoms with Crippen LogP contribution in [0.2, 0.25) is 0 Å². The van der Waals surface area contributed by atoms with E-state index in [0.717, 1.165) is 12.1 Å². The molecule has 0 saturated carbocycles. The van der Waals surface area contributed by atoms with Gasteiger partial charge in [-0.05, 0) is 30.7 Å². The Labute approximate surface area is 119 Å². The van der Waals surface area contributed by atoms with E-state index in [1.54, 1.807) is 18.3 Å². The lowest BCUT2D eigenvalue weighted by Gasteiger charge is -2.10. The Bertz CT molecular complexity index is 650. The van der Waals surface area contributed by atoms with Gasteiger partial charge in [0.05, 0.1) is 12.2 Å². The van der Waals surface area contributed by atoms with Crippen molar-refractivity contribution in [1.82, 2.24) is 4.57 Å². The summed E-state index contributed by atoms with van der Waals surface area (Å²) < 4.78 is 44.4. The summed E-state index contributed by atoms with van der Waals surface area (Å²) in [7, 11) is 0. The molecule has 0 amide bonds. The second-order valence-electron chi connectivity index (χ2n) is 4.46. The molecule has 1 heterocycles. The van der Waals surface area contributed by atoms with Crippen LogP contribution in [0.25, 0.3) is 0 Å². The first kappa shape index (κ1) is 15.2. The standard InChI is InChI=1S/C15H14F3NO2/c16-15(17,18)12-5-3-6-13(11-12)21-10-4-9-19-8-2-1-7-14(19)20/h1-3,5-8,11H,4,9-10H2. The summed E-state index contributed by atoms with van der Waals surface area (Å²) in [5, 5.41) is 0. The SMILES string of the molecule is O=c1ccccn1CCCOc1cccc(C(F)(F)F)c1. The number of benzene rings is 1. The zero-order valence-electron chi connectivity index (χ0n) is 11.1. The van der Waals surface area contributed by atoms with Crippen molar-refractivity contribution < 1.29 is 17.9 Å². The summed E-state index contributed by atoms with van der Waals surface area (Å²) in [6.45, 7) is 0.696. The number of pyridine rings is 1. The van der Waals surface area contributed by atoms with Gasteiger partial charge in [0.2, 0.25) is 5.56 Å². The van der Waals surface area contributed by atoms with E-state index >= 15 is 0 Å². The average molecular weight is 297 g/mol. The van der Waals surface area contributed by atoms with Crippen molar-refractivity contribution in [1.29, 1.82) is 0 Å². The maximum Gasteiger partial charge on any atom is 0.416 e. The van der Waals surface area contributed by atoms with Crippen LogP contribution in [-0.2, 0) is 12.7 Å². The van der Waals surface area contributed by atoms with Crippen LogP contribution >= 0.6 is 0 Å². The van der Waals surface area contributed by atoms with Crippen molar-refractivity contribution in [2.45, 2.75) is 19.1 Å². The topological polar surface area (TPSA) is 31.2 Å². The third kappa shape index (κ3) is 4.37. The normalized spacial score (nSPS) is 11.4. The van der Waals surface area contributed by atoms with E-state index in [4.69, 9.17) is 4.74 Å². The minimum Gasteiger partial charge on any atom is -0.494 e. The molecule has 0 saturated heterocycles. The quantitative estimate of drug-likeness (QED) is 0.793. The molecule has 0 fully saturated rings. The minimum atomic E-state index is -4.38. The summed E-state index contributed by atoms with van der Waals surface area (Å²) in [6, 6.07) is 9.59. The average Bonchev–Trinajstić information content (AvgIpc) is 2.45. The van der Waals surface area contributed by atoms with Gasteiger partial charge in [0.25, 0.3) is 0 Å². The van der Waals surface area contributed by atoms with Crippen molar-refractivity contribution in [2.75, 3.05) is 6.61 Å². The molecule has 0 N–H and O–H groups in total. The Hall–Kier alpha value is -2.24. The number of rotatable bonds is 5. The fourth-order valence-corrected chi connectivity index (χ4v) is 1.83. The largest absolute Gasteiger partial charge is 0.494 e. The zero-order valence-corrected chi connectivity index (χ0v) is 11.1. The highest BCUT2D eigenvalue weighted by Crippen LogP contribution is 2.31. The second-order valence-corrected chi connectivity index (χ2v) is 4.46. The molecule has 21 heavy (non-hydrogen) atoms. The van der Waals surface area contributed by atoms with Crippen LogP contribution in [-0.4, -0.2) is 11.2 Å². The van der Waals surface area contributed by atoms with E-state index in [0.29, 0.717) is 13.0 Å². The summed E-state index contributed by atoms with van der Waals surface area (Å²) >= 11 is 0. The first-order valence-corrected chi connectivity index (χ1v) is 6.42. The molecule has 0 radical (unpaired) electrons. The van der Waals surface area contributed by atoms with Gasteiger partial charge in [-0.1, -0.05) is 12.1 Å². The van der Waals surface area contributed by atoms with Crippen molar-refractivity contribution in [3.8, 4) is 5.75 Å². The second kappa shape index (κ2) is 6.47. The van der Waals surface area contributed by atoms with Crippen LogP contribution in [0.15, 0.2) is 53.5 Å². The van der Waals surface area contributed by atoms with Crippen LogP contribution in [0.1, 0.15) is 12.0 Å². The third-order valence-corrected chi connectivity index (χ3v) is 2.87. The lowest BCUT2D eigenvalue weighted by atomic mass is 10.2. The molecule has 112 valence electrons. The monoisotopic (exact) mass is 297 g/mol. The Balaban J connectivity index is 1.87. The van der Waals surface area contributed by atoms with E-state index in [1.165, 1.54) is 22.8 Å². The number of aryl methyl sites for hydroxylation is 1. The molecule has 2 rings (SSSR count). The van der Waals surface area contributed by atoms with Gasteiger partial charge in [0.1, 0.15) is 5.75 Å². The van der Waals surface area contributed by atoms with Gasteiger partial charge in [-0.25, -0.2) is 0 Å². The third-order valence-electron chi connectivity index (χ3n) is 2.87. The predicted molar refractivity (Wildman–Crippen MR) is 72.3 cm³/mol. The van der Waals surface area contributed by atoms with Gasteiger partial charge in [0.15, 0.2) is 0 Å². The van der Waals surface area contributed by atoms with Crippen LogP contribution in [0.5, 0.6) is 5.75 Å². The van der Waals surface area contributed by atoms with E-state index in [2.05, 4.69) is 0 Å². The van der Waals surface area contributed by atoms with Crippen molar-refractivity contribution in [3.63, 3.8) is 0 Å². The molecule has 0 aliphatic heterocycles. The van der Waals surface area contributed by atoms with Gasteiger partial charge < -0.3 is 9.30 Å². The van der Waals surface area contributed by atoms with E-state index in [1.807, 2.05) is 0 Å². The number of alkyl halides is 3. The molecule has 0 aliphatic rings.